The number of rotatable bonds is 3. The Kier molecular flexibility index (Phi) is 6.07. The summed E-state index contributed by atoms with van der Waals surface area (Å²) in [6.45, 7) is 0. The van der Waals surface area contributed by atoms with Crippen LogP contribution >= 0.6 is 0 Å². The SMILES string of the molecule is OC(c1cccc(-c2cccc(C(O)(C(F)(F)F)C(F)(F)F)c2)c1)(C(F)(F)F)C(F)(F)F. The van der Waals surface area contributed by atoms with Crippen molar-refractivity contribution < 1.29 is 62.9 Å². The van der Waals surface area contributed by atoms with E-state index >= 15 is 0 Å². The summed E-state index contributed by atoms with van der Waals surface area (Å²) in [6, 6.07) is 3.43. The van der Waals surface area contributed by atoms with E-state index in [1.807, 2.05) is 0 Å². The molecule has 0 aromatic heterocycles. The Bertz CT molecular complexity index is 862. The average Bonchev–Trinajstić information content (AvgIpc) is 2.63. The Morgan fingerprint density at radius 1 is 0.438 bits per heavy atom. The van der Waals surface area contributed by atoms with Gasteiger partial charge in [-0.3, -0.25) is 0 Å². The number of hydrogen-bond donors (Lipinski definition) is 2. The van der Waals surface area contributed by atoms with Crippen molar-refractivity contribution in [2.24, 2.45) is 0 Å². The molecule has 2 aromatic rings. The second-order valence-corrected chi connectivity index (χ2v) is 6.57. The molecule has 2 aromatic carbocycles. The summed E-state index contributed by atoms with van der Waals surface area (Å²) in [4.78, 5) is 0. The fourth-order valence-corrected chi connectivity index (χ4v) is 2.82. The summed E-state index contributed by atoms with van der Waals surface area (Å²) in [6.07, 6.45) is -25.1. The van der Waals surface area contributed by atoms with Gasteiger partial charge in [0, 0.05) is 11.1 Å². The number of aliphatic hydroxyl groups is 2. The van der Waals surface area contributed by atoms with Gasteiger partial charge in [-0.1, -0.05) is 36.4 Å². The molecular formula is C18H10F12O2. The summed E-state index contributed by atoms with van der Waals surface area (Å²) in [5, 5.41) is 18.9. The highest BCUT2D eigenvalue weighted by Gasteiger charge is 2.72. The standard InChI is InChI=1S/C18H10F12O2/c19-15(20,21)13(31,16(22,23)24)11-5-1-3-9(7-11)10-4-2-6-12(8-10)14(32,17(25,26)27)18(28,29)30/h1-8,31-32H. The third-order valence-corrected chi connectivity index (χ3v) is 4.54. The highest BCUT2D eigenvalue weighted by atomic mass is 19.4. The van der Waals surface area contributed by atoms with Gasteiger partial charge < -0.3 is 10.2 Å². The van der Waals surface area contributed by atoms with Crippen molar-refractivity contribution in [3.05, 3.63) is 59.7 Å². The van der Waals surface area contributed by atoms with Crippen LogP contribution in [0.25, 0.3) is 11.1 Å². The molecule has 0 radical (unpaired) electrons. The zero-order valence-corrected chi connectivity index (χ0v) is 15.0. The molecule has 0 heterocycles. The van der Waals surface area contributed by atoms with Crippen LogP contribution in [0.3, 0.4) is 0 Å². The van der Waals surface area contributed by atoms with E-state index in [4.69, 9.17) is 0 Å². The largest absolute Gasteiger partial charge is 0.430 e. The quantitative estimate of drug-likeness (QED) is 0.525. The molecule has 0 atom stereocenters. The predicted molar refractivity (Wildman–Crippen MR) is 83.9 cm³/mol. The van der Waals surface area contributed by atoms with Crippen molar-refractivity contribution in [2.75, 3.05) is 0 Å². The maximum absolute atomic E-state index is 13.0. The minimum Gasteiger partial charge on any atom is -0.369 e. The van der Waals surface area contributed by atoms with Crippen molar-refractivity contribution in [1.82, 2.24) is 0 Å². The molecule has 2 nitrogen and oxygen atoms in total. The second kappa shape index (κ2) is 7.54. The molecule has 0 fully saturated rings. The number of alkyl halides is 12. The van der Waals surface area contributed by atoms with Crippen LogP contribution in [-0.4, -0.2) is 34.9 Å². The van der Waals surface area contributed by atoms with Gasteiger partial charge in [-0.05, 0) is 23.3 Å². The third kappa shape index (κ3) is 4.00. The molecule has 0 saturated heterocycles. The van der Waals surface area contributed by atoms with Crippen LogP contribution < -0.4 is 0 Å². The smallest absolute Gasteiger partial charge is 0.369 e. The van der Waals surface area contributed by atoms with Crippen LogP contribution in [0.4, 0.5) is 52.7 Å². The molecule has 0 bridgehead atoms. The fraction of sp³-hybridized carbons (Fsp3) is 0.333. The molecule has 32 heavy (non-hydrogen) atoms. The second-order valence-electron chi connectivity index (χ2n) is 6.57. The minimum absolute atomic E-state index is 0.111. The van der Waals surface area contributed by atoms with E-state index in [0.29, 0.717) is 12.1 Å². The van der Waals surface area contributed by atoms with E-state index in [9.17, 15) is 62.9 Å². The van der Waals surface area contributed by atoms with Gasteiger partial charge in [0.05, 0.1) is 0 Å². The molecule has 0 unspecified atom stereocenters. The Hall–Kier alpha value is -2.48. The monoisotopic (exact) mass is 486 g/mol. The lowest BCUT2D eigenvalue weighted by Crippen LogP contribution is -2.54. The van der Waals surface area contributed by atoms with Crippen LogP contribution in [0.15, 0.2) is 48.5 Å². The van der Waals surface area contributed by atoms with E-state index in [-0.39, 0.29) is 24.3 Å². The van der Waals surface area contributed by atoms with Crippen molar-refractivity contribution in [1.29, 1.82) is 0 Å². The summed E-state index contributed by atoms with van der Waals surface area (Å²) < 4.78 is 157. The average molecular weight is 486 g/mol. The first-order valence-corrected chi connectivity index (χ1v) is 8.11. The number of benzene rings is 2. The van der Waals surface area contributed by atoms with Gasteiger partial charge in [0.15, 0.2) is 0 Å². The van der Waals surface area contributed by atoms with E-state index in [2.05, 4.69) is 0 Å². The molecule has 0 spiro atoms. The summed E-state index contributed by atoms with van der Waals surface area (Å²) >= 11 is 0. The molecule has 2 N–H and O–H groups in total. The van der Waals surface area contributed by atoms with Crippen molar-refractivity contribution >= 4 is 0 Å². The number of hydrogen-bond acceptors (Lipinski definition) is 2. The summed E-state index contributed by atoms with van der Waals surface area (Å²) in [5.41, 5.74) is -15.7. The first-order chi connectivity index (χ1) is 14.2. The molecule has 14 heteroatoms. The van der Waals surface area contributed by atoms with Gasteiger partial charge >= 0.3 is 24.7 Å². The lowest BCUT2D eigenvalue weighted by Gasteiger charge is -2.33. The Morgan fingerprint density at radius 2 is 0.688 bits per heavy atom. The first-order valence-electron chi connectivity index (χ1n) is 8.11. The molecule has 178 valence electrons. The molecule has 0 aliphatic carbocycles. The van der Waals surface area contributed by atoms with Gasteiger partial charge in [0.2, 0.25) is 0 Å². The summed E-state index contributed by atoms with van der Waals surface area (Å²) in [7, 11) is 0. The van der Waals surface area contributed by atoms with Crippen LogP contribution in [-0.2, 0) is 11.2 Å². The zero-order valence-electron chi connectivity index (χ0n) is 15.0. The van der Waals surface area contributed by atoms with E-state index in [0.717, 1.165) is 12.1 Å². The highest BCUT2D eigenvalue weighted by Crippen LogP contribution is 2.52. The zero-order chi connectivity index (χ0) is 25.0. The Balaban J connectivity index is 2.71. The molecule has 0 aliphatic heterocycles. The molecular weight excluding hydrogens is 476 g/mol. The van der Waals surface area contributed by atoms with Crippen molar-refractivity contribution in [3.63, 3.8) is 0 Å². The molecule has 2 rings (SSSR count). The Morgan fingerprint density at radius 3 is 0.906 bits per heavy atom. The first kappa shape index (κ1) is 25.8. The maximum atomic E-state index is 13.0. The van der Waals surface area contributed by atoms with Gasteiger partial charge in [-0.15, -0.1) is 0 Å². The van der Waals surface area contributed by atoms with E-state index in [1.165, 1.54) is 0 Å². The normalized spacial score (nSPS) is 14.6. The van der Waals surface area contributed by atoms with Gasteiger partial charge in [-0.2, -0.15) is 52.7 Å². The van der Waals surface area contributed by atoms with E-state index < -0.39 is 58.2 Å². The Labute approximate surface area is 170 Å². The highest BCUT2D eigenvalue weighted by molar-refractivity contribution is 5.66. The van der Waals surface area contributed by atoms with Crippen molar-refractivity contribution in [2.45, 2.75) is 35.9 Å². The predicted octanol–water partition coefficient (Wildman–Crippen LogP) is 5.98. The molecule has 0 saturated carbocycles. The van der Waals surface area contributed by atoms with Crippen LogP contribution in [0.2, 0.25) is 0 Å². The van der Waals surface area contributed by atoms with Gasteiger partial charge in [0.25, 0.3) is 11.2 Å². The fourth-order valence-electron chi connectivity index (χ4n) is 2.82. The maximum Gasteiger partial charge on any atom is 0.430 e. The number of halogens is 12. The molecule has 0 amide bonds. The van der Waals surface area contributed by atoms with Crippen molar-refractivity contribution in [3.8, 4) is 11.1 Å². The topological polar surface area (TPSA) is 40.5 Å². The van der Waals surface area contributed by atoms with Crippen LogP contribution in [0, 0.1) is 0 Å². The minimum atomic E-state index is -6.27. The van der Waals surface area contributed by atoms with E-state index in [1.54, 1.807) is 0 Å². The van der Waals surface area contributed by atoms with Crippen LogP contribution in [0.5, 0.6) is 0 Å². The van der Waals surface area contributed by atoms with Gasteiger partial charge in [-0.25, -0.2) is 0 Å². The third-order valence-electron chi connectivity index (χ3n) is 4.54. The van der Waals surface area contributed by atoms with Crippen LogP contribution in [0.1, 0.15) is 11.1 Å². The van der Waals surface area contributed by atoms with Gasteiger partial charge in [0.1, 0.15) is 0 Å². The lowest BCUT2D eigenvalue weighted by atomic mass is 9.87. The summed E-state index contributed by atoms with van der Waals surface area (Å²) in [5.74, 6) is 0. The molecule has 0 aliphatic rings. The lowest BCUT2D eigenvalue weighted by molar-refractivity contribution is -0.376.